The number of alkyl halides is 2. The molecule has 0 rings (SSSR count). The molecular weight excluding hydrogens is 326 g/mol. The highest BCUT2D eigenvalue weighted by molar-refractivity contribution is 14.1. The molecule has 0 aliphatic carbocycles. The molecule has 0 nitrogen and oxygen atoms in total. The van der Waals surface area contributed by atoms with Gasteiger partial charge in [0.2, 0.25) is 0 Å². The second kappa shape index (κ2) is 3.94. The lowest BCUT2D eigenvalue weighted by Gasteiger charge is -2.08. The molecule has 2 heteroatoms. The molecule has 0 heterocycles. The lowest BCUT2D eigenvalue weighted by atomic mass is 10.2. The van der Waals surface area contributed by atoms with Crippen LogP contribution in [-0.2, 0) is 0 Å². The Hall–Kier alpha value is 1.02. The van der Waals surface area contributed by atoms with Crippen molar-refractivity contribution in [2.45, 2.75) is 17.3 Å². The lowest BCUT2D eigenvalue weighted by Crippen LogP contribution is -2.12. The quantitative estimate of drug-likeness (QED) is 0.393. The Kier molecular flexibility index (Phi) is 4.44. The Balaban J connectivity index is 3.85. The fraction of sp³-hybridized carbons (Fsp3) is 0.667. The molecule has 0 saturated heterocycles. The third-order valence-electron chi connectivity index (χ3n) is 0.637. The first kappa shape index (κ1) is 9.02. The van der Waals surface area contributed by atoms with E-state index in [1.165, 1.54) is 0 Å². The van der Waals surface area contributed by atoms with Gasteiger partial charge in [0.05, 0.1) is 3.42 Å². The van der Waals surface area contributed by atoms with Crippen LogP contribution in [0.25, 0.3) is 0 Å². The van der Waals surface area contributed by atoms with Gasteiger partial charge in [-0.05, 0) is 13.8 Å². The maximum atomic E-state index is 3.10. The van der Waals surface area contributed by atoms with E-state index in [2.05, 4.69) is 63.9 Å². The monoisotopic (exact) mass is 334 g/mol. The van der Waals surface area contributed by atoms with Gasteiger partial charge in [-0.25, -0.2) is 0 Å². The van der Waals surface area contributed by atoms with Gasteiger partial charge >= 0.3 is 0 Å². The van der Waals surface area contributed by atoms with Crippen molar-refractivity contribution >= 4 is 45.2 Å². The normalized spacial score (nSPS) is 16.0. The Morgan fingerprint density at radius 3 is 2.25 bits per heavy atom. The maximum absolute atomic E-state index is 3.10. The van der Waals surface area contributed by atoms with Gasteiger partial charge < -0.3 is 0 Å². The molecule has 0 aliphatic rings. The van der Waals surface area contributed by atoms with Gasteiger partial charge in [-0.2, -0.15) is 0 Å². The molecule has 0 aliphatic heterocycles. The van der Waals surface area contributed by atoms with Crippen LogP contribution >= 0.6 is 45.2 Å². The van der Waals surface area contributed by atoms with E-state index in [4.69, 9.17) is 0 Å². The Bertz CT molecular complexity index is 116. The van der Waals surface area contributed by atoms with Crippen LogP contribution in [0.15, 0.2) is 0 Å². The Labute approximate surface area is 78.1 Å². The van der Waals surface area contributed by atoms with Crippen LogP contribution in [0.2, 0.25) is 0 Å². The maximum Gasteiger partial charge on any atom is 0.0887 e. The highest BCUT2D eigenvalue weighted by Crippen LogP contribution is 2.18. The smallest absolute Gasteiger partial charge is 0.0887 e. The van der Waals surface area contributed by atoms with Crippen molar-refractivity contribution in [2.24, 2.45) is 0 Å². The average Bonchev–Trinajstić information content (AvgIpc) is 1.67. The van der Waals surface area contributed by atoms with Crippen molar-refractivity contribution < 1.29 is 0 Å². The zero-order chi connectivity index (χ0) is 6.62. The molecule has 8 heavy (non-hydrogen) atoms. The third-order valence-corrected chi connectivity index (χ3v) is 4.27. The van der Waals surface area contributed by atoms with E-state index in [-0.39, 0.29) is 3.42 Å². The number of hydrogen-bond donors (Lipinski definition) is 0. The van der Waals surface area contributed by atoms with E-state index in [0.717, 1.165) is 4.43 Å². The highest BCUT2D eigenvalue weighted by atomic mass is 127. The van der Waals surface area contributed by atoms with E-state index >= 15 is 0 Å². The zero-order valence-electron chi connectivity index (χ0n) is 4.96. The summed E-state index contributed by atoms with van der Waals surface area (Å²) in [5.41, 5.74) is 0. The molecule has 1 atom stereocenters. The van der Waals surface area contributed by atoms with Crippen LogP contribution in [0.3, 0.4) is 0 Å². The second-order valence-corrected chi connectivity index (χ2v) is 4.85. The lowest BCUT2D eigenvalue weighted by molar-refractivity contribution is 1.01. The van der Waals surface area contributed by atoms with Crippen LogP contribution in [0, 0.1) is 11.8 Å². The Morgan fingerprint density at radius 2 is 2.12 bits per heavy atom. The first-order valence-corrected chi connectivity index (χ1v) is 4.91. The second-order valence-electron chi connectivity index (χ2n) is 1.71. The fourth-order valence-electron chi connectivity index (χ4n) is 0.294. The summed E-state index contributed by atoms with van der Waals surface area (Å²) in [4.78, 5) is 0. The van der Waals surface area contributed by atoms with Gasteiger partial charge in [0.25, 0.3) is 0 Å². The molecule has 0 bridgehead atoms. The largest absolute Gasteiger partial charge is 0.105 e. The van der Waals surface area contributed by atoms with Gasteiger partial charge in [0.15, 0.2) is 0 Å². The summed E-state index contributed by atoms with van der Waals surface area (Å²) in [6.07, 6.45) is 0. The standard InChI is InChI=1S/C6H8I2/c1-3-4-6(2,8)5-7/h5H2,1-2H3. The molecule has 0 N–H and O–H groups in total. The van der Waals surface area contributed by atoms with Crippen molar-refractivity contribution in [3.63, 3.8) is 0 Å². The fourth-order valence-corrected chi connectivity index (χ4v) is 0.754. The predicted octanol–water partition coefficient (Wildman–Crippen LogP) is 2.64. The molecule has 46 valence electrons. The first-order chi connectivity index (χ1) is 3.62. The van der Waals surface area contributed by atoms with Crippen LogP contribution < -0.4 is 0 Å². The molecule has 0 saturated carbocycles. The Morgan fingerprint density at radius 1 is 1.62 bits per heavy atom. The van der Waals surface area contributed by atoms with Gasteiger partial charge in [0.1, 0.15) is 0 Å². The highest BCUT2D eigenvalue weighted by Gasteiger charge is 2.12. The third kappa shape index (κ3) is 3.96. The van der Waals surface area contributed by atoms with Gasteiger partial charge in [0, 0.05) is 4.43 Å². The van der Waals surface area contributed by atoms with Crippen molar-refractivity contribution in [3.05, 3.63) is 0 Å². The summed E-state index contributed by atoms with van der Waals surface area (Å²) in [6.45, 7) is 4.01. The first-order valence-electron chi connectivity index (χ1n) is 2.31. The van der Waals surface area contributed by atoms with E-state index in [1.807, 2.05) is 6.92 Å². The predicted molar refractivity (Wildman–Crippen MR) is 54.8 cm³/mol. The van der Waals surface area contributed by atoms with Gasteiger partial charge in [-0.3, -0.25) is 0 Å². The molecule has 0 spiro atoms. The molecule has 0 aromatic carbocycles. The van der Waals surface area contributed by atoms with Crippen molar-refractivity contribution in [3.8, 4) is 11.8 Å². The van der Waals surface area contributed by atoms with Crippen LogP contribution in [0.5, 0.6) is 0 Å². The number of hydrogen-bond acceptors (Lipinski definition) is 0. The minimum absolute atomic E-state index is 0.188. The summed E-state index contributed by atoms with van der Waals surface area (Å²) in [7, 11) is 0. The average molecular weight is 334 g/mol. The van der Waals surface area contributed by atoms with Crippen molar-refractivity contribution in [1.82, 2.24) is 0 Å². The van der Waals surface area contributed by atoms with Gasteiger partial charge in [-0.1, -0.05) is 51.1 Å². The number of halogens is 2. The zero-order valence-corrected chi connectivity index (χ0v) is 9.28. The van der Waals surface area contributed by atoms with E-state index in [9.17, 15) is 0 Å². The number of rotatable bonds is 1. The summed E-state index contributed by atoms with van der Waals surface area (Å²) >= 11 is 4.70. The molecule has 0 aromatic heterocycles. The molecule has 0 radical (unpaired) electrons. The van der Waals surface area contributed by atoms with E-state index < -0.39 is 0 Å². The molecular formula is C6H8I2. The summed E-state index contributed by atoms with van der Waals surface area (Å²) in [6, 6.07) is 0. The summed E-state index contributed by atoms with van der Waals surface area (Å²) in [5.74, 6) is 6.00. The topological polar surface area (TPSA) is 0 Å². The van der Waals surface area contributed by atoms with E-state index in [0.29, 0.717) is 0 Å². The van der Waals surface area contributed by atoms with E-state index in [1.54, 1.807) is 0 Å². The van der Waals surface area contributed by atoms with Crippen molar-refractivity contribution in [2.75, 3.05) is 4.43 Å². The molecule has 1 unspecified atom stereocenters. The van der Waals surface area contributed by atoms with Crippen LogP contribution in [0.1, 0.15) is 13.8 Å². The summed E-state index contributed by atoms with van der Waals surface area (Å²) in [5, 5.41) is 0. The summed E-state index contributed by atoms with van der Waals surface area (Å²) < 4.78 is 1.28. The van der Waals surface area contributed by atoms with Gasteiger partial charge in [-0.15, -0.1) is 5.92 Å². The molecule has 0 amide bonds. The van der Waals surface area contributed by atoms with Crippen LogP contribution in [0.4, 0.5) is 0 Å². The minimum Gasteiger partial charge on any atom is -0.105 e. The molecule has 0 aromatic rings. The SMILES string of the molecule is CC#CC(C)(I)CI. The molecule has 0 fully saturated rings. The minimum atomic E-state index is 0.188. The van der Waals surface area contributed by atoms with Crippen LogP contribution in [-0.4, -0.2) is 7.85 Å². The van der Waals surface area contributed by atoms with Crippen molar-refractivity contribution in [1.29, 1.82) is 0 Å².